The van der Waals surface area contributed by atoms with Crippen LogP contribution in [0.3, 0.4) is 0 Å². The Balaban J connectivity index is 1.59. The van der Waals surface area contributed by atoms with Gasteiger partial charge < -0.3 is 10.4 Å². The van der Waals surface area contributed by atoms with Crippen molar-refractivity contribution < 1.29 is 23.1 Å². The van der Waals surface area contributed by atoms with Gasteiger partial charge in [0.25, 0.3) is 5.91 Å². The van der Waals surface area contributed by atoms with Gasteiger partial charge in [0, 0.05) is 30.4 Å². The van der Waals surface area contributed by atoms with Gasteiger partial charge >= 0.3 is 5.97 Å². The van der Waals surface area contributed by atoms with E-state index in [2.05, 4.69) is 5.32 Å². The van der Waals surface area contributed by atoms with Crippen LogP contribution in [0.25, 0.3) is 0 Å². The molecule has 0 unspecified atom stereocenters. The van der Waals surface area contributed by atoms with Crippen molar-refractivity contribution in [2.75, 3.05) is 19.3 Å². The number of amides is 1. The lowest BCUT2D eigenvalue weighted by molar-refractivity contribution is -0.139. The van der Waals surface area contributed by atoms with Crippen molar-refractivity contribution in [2.24, 2.45) is 5.92 Å². The van der Waals surface area contributed by atoms with Crippen LogP contribution in [0.4, 0.5) is 0 Å². The topological polar surface area (TPSA) is 104 Å². The first kappa shape index (κ1) is 19.8. The van der Waals surface area contributed by atoms with E-state index in [1.165, 1.54) is 25.0 Å². The second kappa shape index (κ2) is 7.59. The molecule has 27 heavy (non-hydrogen) atoms. The summed E-state index contributed by atoms with van der Waals surface area (Å²) in [5.41, 5.74) is 1.08. The van der Waals surface area contributed by atoms with Gasteiger partial charge in [-0.05, 0) is 56.2 Å². The number of aliphatic carboxylic acids is 1. The molecule has 1 amide bonds. The number of hydrogen-bond donors (Lipinski definition) is 2. The Kier molecular flexibility index (Phi) is 5.58. The second-order valence-electron chi connectivity index (χ2n) is 7.81. The Hall–Kier alpha value is -1.93. The summed E-state index contributed by atoms with van der Waals surface area (Å²) in [6.07, 6.45) is 4.89. The zero-order chi connectivity index (χ0) is 19.8. The molecule has 8 heteroatoms. The average molecular weight is 394 g/mol. The maximum absolute atomic E-state index is 12.6. The van der Waals surface area contributed by atoms with Crippen molar-refractivity contribution in [1.82, 2.24) is 10.2 Å². The molecule has 2 saturated carbocycles. The van der Waals surface area contributed by atoms with Crippen LogP contribution in [0.2, 0.25) is 0 Å². The van der Waals surface area contributed by atoms with Gasteiger partial charge in [0.1, 0.15) is 0 Å². The van der Waals surface area contributed by atoms with Crippen molar-refractivity contribution in [3.8, 4) is 0 Å². The van der Waals surface area contributed by atoms with Gasteiger partial charge in [-0.15, -0.1) is 0 Å². The lowest BCUT2D eigenvalue weighted by atomic mass is 9.85. The van der Waals surface area contributed by atoms with E-state index in [1.807, 2.05) is 4.90 Å². The predicted molar refractivity (Wildman–Crippen MR) is 100 cm³/mol. The highest BCUT2D eigenvalue weighted by Gasteiger charge is 2.37. The highest BCUT2D eigenvalue weighted by Crippen LogP contribution is 2.34. The quantitative estimate of drug-likeness (QED) is 0.692. The molecule has 3 rings (SSSR count). The van der Waals surface area contributed by atoms with Gasteiger partial charge in [-0.25, -0.2) is 8.42 Å². The molecule has 0 aliphatic heterocycles. The lowest BCUT2D eigenvalue weighted by Crippen LogP contribution is -2.55. The SMILES string of the molecule is Cc1ccc(S(C)(=O)=O)cc1C(=O)NC1CC(N(CC(=O)O)CC2CC2)C1. The van der Waals surface area contributed by atoms with E-state index < -0.39 is 15.8 Å². The molecule has 2 N–H and O–H groups in total. The average Bonchev–Trinajstić information content (AvgIpc) is 3.32. The zero-order valence-electron chi connectivity index (χ0n) is 15.6. The van der Waals surface area contributed by atoms with Crippen LogP contribution < -0.4 is 5.32 Å². The molecule has 0 saturated heterocycles. The molecule has 2 aliphatic carbocycles. The monoisotopic (exact) mass is 394 g/mol. The summed E-state index contributed by atoms with van der Waals surface area (Å²) >= 11 is 0. The molecule has 0 atom stereocenters. The Morgan fingerprint density at radius 2 is 1.93 bits per heavy atom. The first-order chi connectivity index (χ1) is 12.6. The Morgan fingerprint density at radius 3 is 2.48 bits per heavy atom. The van der Waals surface area contributed by atoms with Crippen molar-refractivity contribution >= 4 is 21.7 Å². The largest absolute Gasteiger partial charge is 0.480 e. The number of carboxylic acid groups (broad SMARTS) is 1. The first-order valence-corrected chi connectivity index (χ1v) is 11.1. The minimum Gasteiger partial charge on any atom is -0.480 e. The summed E-state index contributed by atoms with van der Waals surface area (Å²) in [5, 5.41) is 12.1. The fourth-order valence-electron chi connectivity index (χ4n) is 3.49. The van der Waals surface area contributed by atoms with Crippen LogP contribution in [-0.2, 0) is 14.6 Å². The summed E-state index contributed by atoms with van der Waals surface area (Å²) in [5.74, 6) is -0.496. The molecule has 148 valence electrons. The van der Waals surface area contributed by atoms with Crippen molar-refractivity contribution in [2.45, 2.75) is 49.6 Å². The number of aryl methyl sites for hydroxylation is 1. The second-order valence-corrected chi connectivity index (χ2v) is 9.83. The van der Waals surface area contributed by atoms with Crippen LogP contribution >= 0.6 is 0 Å². The van der Waals surface area contributed by atoms with E-state index in [-0.39, 0.29) is 29.4 Å². The fourth-order valence-corrected chi connectivity index (χ4v) is 4.14. The van der Waals surface area contributed by atoms with Crippen molar-refractivity contribution in [3.63, 3.8) is 0 Å². The van der Waals surface area contributed by atoms with E-state index >= 15 is 0 Å². The van der Waals surface area contributed by atoms with E-state index in [4.69, 9.17) is 5.11 Å². The van der Waals surface area contributed by atoms with Gasteiger partial charge in [0.15, 0.2) is 9.84 Å². The van der Waals surface area contributed by atoms with Gasteiger partial charge in [-0.3, -0.25) is 14.5 Å². The van der Waals surface area contributed by atoms with Crippen molar-refractivity contribution in [3.05, 3.63) is 29.3 Å². The third-order valence-corrected chi connectivity index (χ3v) is 6.48. The highest BCUT2D eigenvalue weighted by molar-refractivity contribution is 7.90. The Bertz CT molecular complexity index is 842. The normalized spacial score (nSPS) is 22.3. The third kappa shape index (κ3) is 5.07. The van der Waals surface area contributed by atoms with Crippen molar-refractivity contribution in [1.29, 1.82) is 0 Å². The number of hydrogen-bond acceptors (Lipinski definition) is 5. The minimum atomic E-state index is -3.38. The zero-order valence-corrected chi connectivity index (χ0v) is 16.5. The van der Waals surface area contributed by atoms with E-state index in [1.54, 1.807) is 13.0 Å². The number of carbonyl (C=O) groups excluding carboxylic acids is 1. The van der Waals surface area contributed by atoms with Crippen LogP contribution in [-0.4, -0.2) is 61.7 Å². The van der Waals surface area contributed by atoms with Crippen LogP contribution in [0.5, 0.6) is 0 Å². The molecule has 1 aromatic carbocycles. The number of carbonyl (C=O) groups is 2. The van der Waals surface area contributed by atoms with E-state index in [0.29, 0.717) is 11.5 Å². The smallest absolute Gasteiger partial charge is 0.317 e. The Morgan fingerprint density at radius 1 is 1.26 bits per heavy atom. The molecule has 2 aliphatic rings. The molecule has 0 bridgehead atoms. The van der Waals surface area contributed by atoms with Crippen LogP contribution in [0.15, 0.2) is 23.1 Å². The number of carboxylic acids is 1. The predicted octanol–water partition coefficient (Wildman–Crippen LogP) is 1.46. The van der Waals surface area contributed by atoms with Crippen LogP contribution in [0, 0.1) is 12.8 Å². The molecule has 7 nitrogen and oxygen atoms in total. The molecule has 0 radical (unpaired) electrons. The molecule has 0 spiro atoms. The van der Waals surface area contributed by atoms with Crippen LogP contribution in [0.1, 0.15) is 41.6 Å². The van der Waals surface area contributed by atoms with E-state index in [9.17, 15) is 18.0 Å². The van der Waals surface area contributed by atoms with Gasteiger partial charge in [0.05, 0.1) is 11.4 Å². The fraction of sp³-hybridized carbons (Fsp3) is 0.579. The summed E-state index contributed by atoms with van der Waals surface area (Å²) in [6, 6.07) is 4.72. The summed E-state index contributed by atoms with van der Waals surface area (Å²) in [7, 11) is -3.38. The number of rotatable bonds is 8. The minimum absolute atomic E-state index is 0.0145. The van der Waals surface area contributed by atoms with Gasteiger partial charge in [-0.2, -0.15) is 0 Å². The van der Waals surface area contributed by atoms with E-state index in [0.717, 1.165) is 31.2 Å². The number of nitrogens with zero attached hydrogens (tertiary/aromatic N) is 1. The summed E-state index contributed by atoms with van der Waals surface area (Å²) in [4.78, 5) is 25.8. The maximum Gasteiger partial charge on any atom is 0.317 e. The summed E-state index contributed by atoms with van der Waals surface area (Å²) < 4.78 is 23.4. The molecular formula is C19H26N2O5S. The van der Waals surface area contributed by atoms with Gasteiger partial charge in [0.2, 0.25) is 0 Å². The van der Waals surface area contributed by atoms with Gasteiger partial charge in [-0.1, -0.05) is 6.07 Å². The molecule has 0 heterocycles. The number of sulfone groups is 1. The Labute approximate surface area is 159 Å². The highest BCUT2D eigenvalue weighted by atomic mass is 32.2. The molecular weight excluding hydrogens is 368 g/mol. The standard InChI is InChI=1S/C19H26N2O5S/c1-12-3-6-16(27(2,25)26)9-17(12)19(24)20-14-7-15(8-14)21(11-18(22)23)10-13-4-5-13/h3,6,9,13-15H,4-5,7-8,10-11H2,1-2H3,(H,20,24)(H,22,23). The molecule has 1 aromatic rings. The third-order valence-electron chi connectivity index (χ3n) is 5.37. The number of benzene rings is 1. The first-order valence-electron chi connectivity index (χ1n) is 9.21. The molecule has 0 aromatic heterocycles. The maximum atomic E-state index is 12.6. The number of nitrogens with one attached hydrogen (secondary N) is 1. The lowest BCUT2D eigenvalue weighted by Gasteiger charge is -2.42. The molecule has 2 fully saturated rings. The summed E-state index contributed by atoms with van der Waals surface area (Å²) in [6.45, 7) is 2.62.